The van der Waals surface area contributed by atoms with Crippen LogP contribution in [0.1, 0.15) is 24.0 Å². The number of alkyl halides is 3. The van der Waals surface area contributed by atoms with Gasteiger partial charge in [-0.2, -0.15) is 13.2 Å². The Balaban J connectivity index is 1.50. The van der Waals surface area contributed by atoms with Crippen LogP contribution in [0.4, 0.5) is 18.9 Å². The minimum atomic E-state index is -4.39. The SMILES string of the molecule is O=C(Nc1ccc(C(F)(F)F)cc1)C1CCN(Cc2ccc(Cl)c(Cl)c2)CC1. The van der Waals surface area contributed by atoms with Crippen LogP contribution in [0.2, 0.25) is 10.0 Å². The molecule has 2 aromatic rings. The highest BCUT2D eigenvalue weighted by atomic mass is 35.5. The molecule has 0 saturated carbocycles. The van der Waals surface area contributed by atoms with Crippen molar-refractivity contribution in [3.63, 3.8) is 0 Å². The molecule has 0 spiro atoms. The molecule has 2 aromatic carbocycles. The van der Waals surface area contributed by atoms with Crippen molar-refractivity contribution in [3.8, 4) is 0 Å². The Kier molecular flexibility index (Phi) is 6.53. The molecule has 0 atom stereocenters. The van der Waals surface area contributed by atoms with Crippen LogP contribution < -0.4 is 5.32 Å². The van der Waals surface area contributed by atoms with E-state index in [9.17, 15) is 18.0 Å². The average Bonchev–Trinajstić information content (AvgIpc) is 2.65. The van der Waals surface area contributed by atoms with Gasteiger partial charge in [-0.05, 0) is 67.9 Å². The first-order valence-electron chi connectivity index (χ1n) is 8.87. The summed E-state index contributed by atoms with van der Waals surface area (Å²) in [4.78, 5) is 14.7. The van der Waals surface area contributed by atoms with E-state index in [4.69, 9.17) is 23.2 Å². The molecule has 0 aromatic heterocycles. The third-order valence-electron chi connectivity index (χ3n) is 4.83. The Morgan fingerprint density at radius 1 is 1.04 bits per heavy atom. The largest absolute Gasteiger partial charge is 0.416 e. The Bertz CT molecular complexity index is 832. The number of hydrogen-bond donors (Lipinski definition) is 1. The van der Waals surface area contributed by atoms with Gasteiger partial charge in [0.15, 0.2) is 0 Å². The minimum absolute atomic E-state index is 0.158. The second-order valence-corrected chi connectivity index (χ2v) is 7.68. The van der Waals surface area contributed by atoms with Crippen LogP contribution in [-0.4, -0.2) is 23.9 Å². The molecule has 1 heterocycles. The van der Waals surface area contributed by atoms with Gasteiger partial charge in [-0.15, -0.1) is 0 Å². The van der Waals surface area contributed by atoms with Crippen molar-refractivity contribution in [2.75, 3.05) is 18.4 Å². The number of halogens is 5. The molecule has 0 aliphatic carbocycles. The van der Waals surface area contributed by atoms with Crippen molar-refractivity contribution in [1.82, 2.24) is 4.90 Å². The molecule has 0 unspecified atom stereocenters. The van der Waals surface area contributed by atoms with Crippen molar-refractivity contribution in [1.29, 1.82) is 0 Å². The first-order chi connectivity index (χ1) is 13.2. The molecular weight excluding hydrogens is 412 g/mol. The van der Waals surface area contributed by atoms with Gasteiger partial charge in [0, 0.05) is 18.2 Å². The van der Waals surface area contributed by atoms with Gasteiger partial charge >= 0.3 is 6.18 Å². The highest BCUT2D eigenvalue weighted by Gasteiger charge is 2.30. The number of anilines is 1. The lowest BCUT2D eigenvalue weighted by Gasteiger charge is -2.31. The molecule has 28 heavy (non-hydrogen) atoms. The maximum absolute atomic E-state index is 12.6. The molecule has 0 radical (unpaired) electrons. The van der Waals surface area contributed by atoms with Crippen molar-refractivity contribution in [2.45, 2.75) is 25.6 Å². The van der Waals surface area contributed by atoms with E-state index < -0.39 is 11.7 Å². The molecule has 150 valence electrons. The third kappa shape index (κ3) is 5.40. The van der Waals surface area contributed by atoms with E-state index in [0.717, 1.165) is 37.3 Å². The van der Waals surface area contributed by atoms with Gasteiger partial charge in [0.05, 0.1) is 15.6 Å². The Morgan fingerprint density at radius 3 is 2.25 bits per heavy atom. The third-order valence-corrected chi connectivity index (χ3v) is 5.57. The van der Waals surface area contributed by atoms with E-state index in [-0.39, 0.29) is 11.8 Å². The molecule has 3 rings (SSSR count). The van der Waals surface area contributed by atoms with Crippen molar-refractivity contribution in [3.05, 3.63) is 63.6 Å². The maximum Gasteiger partial charge on any atom is 0.416 e. The number of nitrogens with zero attached hydrogens (tertiary/aromatic N) is 1. The zero-order valence-corrected chi connectivity index (χ0v) is 16.4. The van der Waals surface area contributed by atoms with Crippen LogP contribution >= 0.6 is 23.2 Å². The van der Waals surface area contributed by atoms with Crippen LogP contribution in [0.3, 0.4) is 0 Å². The molecule has 1 fully saturated rings. The molecule has 1 saturated heterocycles. The van der Waals surface area contributed by atoms with Gasteiger partial charge in [-0.25, -0.2) is 0 Å². The maximum atomic E-state index is 12.6. The lowest BCUT2D eigenvalue weighted by atomic mass is 9.95. The first kappa shape index (κ1) is 21.0. The fourth-order valence-corrected chi connectivity index (χ4v) is 3.56. The number of piperidine rings is 1. The lowest BCUT2D eigenvalue weighted by molar-refractivity contribution is -0.137. The smallest absolute Gasteiger partial charge is 0.326 e. The van der Waals surface area contributed by atoms with Gasteiger partial charge in [0.2, 0.25) is 5.91 Å². The van der Waals surface area contributed by atoms with Crippen LogP contribution in [0.15, 0.2) is 42.5 Å². The Morgan fingerprint density at radius 2 is 1.68 bits per heavy atom. The monoisotopic (exact) mass is 430 g/mol. The van der Waals surface area contributed by atoms with Crippen molar-refractivity contribution >= 4 is 34.8 Å². The number of carbonyl (C=O) groups is 1. The van der Waals surface area contributed by atoms with E-state index in [2.05, 4.69) is 10.2 Å². The van der Waals surface area contributed by atoms with Crippen LogP contribution in [0.5, 0.6) is 0 Å². The summed E-state index contributed by atoms with van der Waals surface area (Å²) in [6.07, 6.45) is -3.01. The van der Waals surface area contributed by atoms with Gasteiger partial charge in [-0.3, -0.25) is 9.69 Å². The predicted molar refractivity (Wildman–Crippen MR) is 105 cm³/mol. The Hall–Kier alpha value is -1.76. The molecule has 1 N–H and O–H groups in total. The number of benzene rings is 2. The van der Waals surface area contributed by atoms with Crippen LogP contribution in [-0.2, 0) is 17.5 Å². The van der Waals surface area contributed by atoms with Crippen LogP contribution in [0, 0.1) is 5.92 Å². The Labute approximate surface area is 171 Å². The zero-order valence-electron chi connectivity index (χ0n) is 14.9. The van der Waals surface area contributed by atoms with Gasteiger partial charge < -0.3 is 5.32 Å². The zero-order chi connectivity index (χ0) is 20.3. The minimum Gasteiger partial charge on any atom is -0.326 e. The molecular formula is C20H19Cl2F3N2O. The van der Waals surface area contributed by atoms with Gasteiger partial charge in [-0.1, -0.05) is 29.3 Å². The number of nitrogens with one attached hydrogen (secondary N) is 1. The van der Waals surface area contributed by atoms with Crippen LogP contribution in [0.25, 0.3) is 0 Å². The number of hydrogen-bond acceptors (Lipinski definition) is 2. The van der Waals surface area contributed by atoms with E-state index in [1.807, 2.05) is 12.1 Å². The summed E-state index contributed by atoms with van der Waals surface area (Å²) in [5.41, 5.74) is 0.694. The summed E-state index contributed by atoms with van der Waals surface area (Å²) in [5, 5.41) is 3.75. The van der Waals surface area contributed by atoms with Gasteiger partial charge in [0.1, 0.15) is 0 Å². The summed E-state index contributed by atoms with van der Waals surface area (Å²) < 4.78 is 37.8. The summed E-state index contributed by atoms with van der Waals surface area (Å²) in [6, 6.07) is 10.0. The van der Waals surface area contributed by atoms with E-state index >= 15 is 0 Å². The second kappa shape index (κ2) is 8.72. The molecule has 1 aliphatic rings. The molecule has 3 nitrogen and oxygen atoms in total. The molecule has 8 heteroatoms. The average molecular weight is 431 g/mol. The van der Waals surface area contributed by atoms with Crippen molar-refractivity contribution < 1.29 is 18.0 Å². The number of likely N-dealkylation sites (tertiary alicyclic amines) is 1. The summed E-state index contributed by atoms with van der Waals surface area (Å²) in [6.45, 7) is 2.24. The predicted octanol–water partition coefficient (Wildman–Crippen LogP) is 5.86. The quantitative estimate of drug-likeness (QED) is 0.658. The van der Waals surface area contributed by atoms with E-state index in [1.54, 1.807) is 6.07 Å². The standard InChI is InChI=1S/C20H19Cl2F3N2O/c21-17-6-1-13(11-18(17)22)12-27-9-7-14(8-10-27)19(28)26-16-4-2-15(3-5-16)20(23,24)25/h1-6,11,14H,7-10,12H2,(H,26,28). The normalized spacial score (nSPS) is 16.2. The highest BCUT2D eigenvalue weighted by Crippen LogP contribution is 2.30. The molecule has 1 aliphatic heterocycles. The molecule has 1 amide bonds. The summed E-state index contributed by atoms with van der Waals surface area (Å²) in [5.74, 6) is -0.318. The van der Waals surface area contributed by atoms with E-state index in [1.165, 1.54) is 12.1 Å². The van der Waals surface area contributed by atoms with Gasteiger partial charge in [0.25, 0.3) is 0 Å². The fourth-order valence-electron chi connectivity index (χ4n) is 3.24. The highest BCUT2D eigenvalue weighted by molar-refractivity contribution is 6.42. The topological polar surface area (TPSA) is 32.3 Å². The fraction of sp³-hybridized carbons (Fsp3) is 0.350. The van der Waals surface area contributed by atoms with Crippen molar-refractivity contribution in [2.24, 2.45) is 5.92 Å². The van der Waals surface area contributed by atoms with E-state index in [0.29, 0.717) is 28.6 Å². The second-order valence-electron chi connectivity index (χ2n) is 6.86. The first-order valence-corrected chi connectivity index (χ1v) is 9.62. The number of amides is 1. The number of rotatable bonds is 4. The summed E-state index contributed by atoms with van der Waals surface area (Å²) in [7, 11) is 0. The lowest BCUT2D eigenvalue weighted by Crippen LogP contribution is -2.37. The molecule has 0 bridgehead atoms. The number of carbonyl (C=O) groups excluding carboxylic acids is 1. The summed E-state index contributed by atoms with van der Waals surface area (Å²) >= 11 is 12.0.